The van der Waals surface area contributed by atoms with Gasteiger partial charge in [0.15, 0.2) is 4.77 Å². The molecule has 1 heterocycles. The molecule has 0 amide bonds. The molecule has 15 heavy (non-hydrogen) atoms. The molecule has 0 aromatic carbocycles. The molecule has 1 atom stereocenters. The van der Waals surface area contributed by atoms with Crippen molar-refractivity contribution in [1.29, 1.82) is 0 Å². The summed E-state index contributed by atoms with van der Waals surface area (Å²) in [7, 11) is 0. The molecule has 1 fully saturated rings. The van der Waals surface area contributed by atoms with Gasteiger partial charge in [-0.15, -0.1) is 0 Å². The fraction of sp³-hybridized carbons (Fsp3) is 0.750. The molecule has 1 unspecified atom stereocenters. The van der Waals surface area contributed by atoms with Gasteiger partial charge in [-0.1, -0.05) is 26.7 Å². The average molecular weight is 224 g/mol. The first-order valence-electron chi connectivity index (χ1n) is 6.05. The van der Waals surface area contributed by atoms with Crippen LogP contribution in [0.25, 0.3) is 0 Å². The molecular formula is C12H20N2S. The summed E-state index contributed by atoms with van der Waals surface area (Å²) in [5.41, 5.74) is 1.35. The van der Waals surface area contributed by atoms with Crippen molar-refractivity contribution in [3.05, 3.63) is 16.7 Å². The number of rotatable bonds is 5. The van der Waals surface area contributed by atoms with Crippen LogP contribution >= 0.6 is 12.2 Å². The van der Waals surface area contributed by atoms with Crippen LogP contribution in [0.15, 0.2) is 6.20 Å². The van der Waals surface area contributed by atoms with E-state index in [1.165, 1.54) is 31.4 Å². The highest BCUT2D eigenvalue weighted by Crippen LogP contribution is 2.38. The summed E-state index contributed by atoms with van der Waals surface area (Å²) in [5.74, 6) is 0.969. The Morgan fingerprint density at radius 3 is 2.80 bits per heavy atom. The third-order valence-electron chi connectivity index (χ3n) is 3.39. The lowest BCUT2D eigenvalue weighted by atomic mass is 10.1. The largest absolute Gasteiger partial charge is 0.337 e. The molecule has 2 nitrogen and oxygen atoms in total. The number of nitrogens with zero attached hydrogens (tertiary/aromatic N) is 1. The van der Waals surface area contributed by atoms with E-state index in [1.54, 1.807) is 0 Å². The zero-order chi connectivity index (χ0) is 10.8. The molecule has 1 N–H and O–H groups in total. The maximum Gasteiger partial charge on any atom is 0.177 e. The third-order valence-corrected chi connectivity index (χ3v) is 3.71. The Labute approximate surface area is 96.7 Å². The number of hydrogen-bond donors (Lipinski definition) is 1. The molecule has 1 aliphatic rings. The van der Waals surface area contributed by atoms with E-state index in [2.05, 4.69) is 29.6 Å². The standard InChI is InChI=1S/C12H20N2S/c1-3-10(7-9-5-6-9)14-11(4-2)8-13-12(14)15/h8-10H,3-7H2,1-2H3,(H,13,15). The van der Waals surface area contributed by atoms with E-state index in [-0.39, 0.29) is 0 Å². The summed E-state index contributed by atoms with van der Waals surface area (Å²) in [6, 6.07) is 0.617. The Morgan fingerprint density at radius 2 is 2.27 bits per heavy atom. The summed E-state index contributed by atoms with van der Waals surface area (Å²) in [6.45, 7) is 4.46. The summed E-state index contributed by atoms with van der Waals surface area (Å²) < 4.78 is 3.24. The Bertz CT molecular complexity index is 373. The minimum absolute atomic E-state index is 0.617. The molecule has 1 aromatic rings. The molecule has 84 valence electrons. The van der Waals surface area contributed by atoms with Crippen molar-refractivity contribution in [2.45, 2.75) is 52.0 Å². The predicted molar refractivity (Wildman–Crippen MR) is 65.7 cm³/mol. The smallest absolute Gasteiger partial charge is 0.177 e. The van der Waals surface area contributed by atoms with Gasteiger partial charge in [-0.2, -0.15) is 0 Å². The van der Waals surface area contributed by atoms with Crippen molar-refractivity contribution in [2.75, 3.05) is 0 Å². The van der Waals surface area contributed by atoms with E-state index in [1.807, 2.05) is 0 Å². The van der Waals surface area contributed by atoms with E-state index in [9.17, 15) is 0 Å². The SMILES string of the molecule is CCc1c[nH]c(=S)n1C(CC)CC1CC1. The molecule has 2 rings (SSSR count). The molecule has 0 aliphatic heterocycles. The summed E-state index contributed by atoms with van der Waals surface area (Å²) in [4.78, 5) is 3.17. The number of aromatic amines is 1. The summed E-state index contributed by atoms with van der Waals surface area (Å²) in [6.07, 6.45) is 8.49. The lowest BCUT2D eigenvalue weighted by Crippen LogP contribution is -2.12. The first-order chi connectivity index (χ1) is 7.26. The molecule has 1 aliphatic carbocycles. The number of H-pyrrole nitrogens is 1. The number of aryl methyl sites for hydroxylation is 1. The molecule has 0 saturated heterocycles. The minimum Gasteiger partial charge on any atom is -0.337 e. The van der Waals surface area contributed by atoms with E-state index in [4.69, 9.17) is 12.2 Å². The normalized spacial score (nSPS) is 18.0. The Morgan fingerprint density at radius 1 is 1.53 bits per heavy atom. The average Bonchev–Trinajstić information content (AvgIpc) is 2.98. The Balaban J connectivity index is 2.22. The van der Waals surface area contributed by atoms with Gasteiger partial charge in [0.2, 0.25) is 0 Å². The van der Waals surface area contributed by atoms with Crippen LogP contribution < -0.4 is 0 Å². The van der Waals surface area contributed by atoms with Crippen LogP contribution in [0.1, 0.15) is 51.3 Å². The number of aromatic nitrogens is 2. The fourth-order valence-electron chi connectivity index (χ4n) is 2.28. The van der Waals surface area contributed by atoms with Crippen molar-refractivity contribution in [3.63, 3.8) is 0 Å². The minimum atomic E-state index is 0.617. The molecular weight excluding hydrogens is 204 g/mol. The fourth-order valence-corrected chi connectivity index (χ4v) is 2.61. The van der Waals surface area contributed by atoms with Crippen LogP contribution in [-0.2, 0) is 6.42 Å². The van der Waals surface area contributed by atoms with E-state index < -0.39 is 0 Å². The van der Waals surface area contributed by atoms with Gasteiger partial charge in [0, 0.05) is 17.9 Å². The number of hydrogen-bond acceptors (Lipinski definition) is 1. The molecule has 0 bridgehead atoms. The maximum atomic E-state index is 5.36. The van der Waals surface area contributed by atoms with Crippen molar-refractivity contribution in [1.82, 2.24) is 9.55 Å². The molecule has 3 heteroatoms. The first-order valence-corrected chi connectivity index (χ1v) is 6.45. The monoisotopic (exact) mass is 224 g/mol. The van der Waals surface area contributed by atoms with Gasteiger partial charge < -0.3 is 9.55 Å². The Hall–Kier alpha value is -0.570. The van der Waals surface area contributed by atoms with E-state index in [0.717, 1.165) is 17.1 Å². The second-order valence-electron chi connectivity index (χ2n) is 4.55. The van der Waals surface area contributed by atoms with E-state index in [0.29, 0.717) is 6.04 Å². The zero-order valence-corrected chi connectivity index (χ0v) is 10.4. The second-order valence-corrected chi connectivity index (χ2v) is 4.94. The van der Waals surface area contributed by atoms with Gasteiger partial charge in [-0.3, -0.25) is 0 Å². The predicted octanol–water partition coefficient (Wildman–Crippen LogP) is 3.86. The van der Waals surface area contributed by atoms with E-state index >= 15 is 0 Å². The van der Waals surface area contributed by atoms with Crippen molar-refractivity contribution in [3.8, 4) is 0 Å². The van der Waals surface area contributed by atoms with Crippen LogP contribution in [0.3, 0.4) is 0 Å². The summed E-state index contributed by atoms with van der Waals surface area (Å²) >= 11 is 5.36. The van der Waals surface area contributed by atoms with Crippen LogP contribution in [0, 0.1) is 10.7 Å². The van der Waals surface area contributed by atoms with Gasteiger partial charge in [0.25, 0.3) is 0 Å². The number of nitrogens with one attached hydrogen (secondary N) is 1. The van der Waals surface area contributed by atoms with Crippen molar-refractivity contribution in [2.24, 2.45) is 5.92 Å². The highest BCUT2D eigenvalue weighted by atomic mass is 32.1. The maximum absolute atomic E-state index is 5.36. The van der Waals surface area contributed by atoms with Gasteiger partial charge in [0.1, 0.15) is 0 Å². The van der Waals surface area contributed by atoms with Crippen LogP contribution in [0.2, 0.25) is 0 Å². The highest BCUT2D eigenvalue weighted by Gasteiger charge is 2.26. The quantitative estimate of drug-likeness (QED) is 0.753. The topological polar surface area (TPSA) is 20.7 Å². The molecule has 1 saturated carbocycles. The van der Waals surface area contributed by atoms with Gasteiger partial charge >= 0.3 is 0 Å². The second kappa shape index (κ2) is 4.52. The molecule has 1 aromatic heterocycles. The summed E-state index contributed by atoms with van der Waals surface area (Å²) in [5, 5.41) is 0. The van der Waals surface area contributed by atoms with Gasteiger partial charge in [0.05, 0.1) is 0 Å². The van der Waals surface area contributed by atoms with Crippen molar-refractivity contribution >= 4 is 12.2 Å². The number of imidazole rings is 1. The van der Waals surface area contributed by atoms with Gasteiger partial charge in [-0.25, -0.2) is 0 Å². The lowest BCUT2D eigenvalue weighted by molar-refractivity contribution is 0.415. The molecule has 0 spiro atoms. The lowest BCUT2D eigenvalue weighted by Gasteiger charge is -2.19. The Kier molecular flexibility index (Phi) is 3.29. The first kappa shape index (κ1) is 10.9. The van der Waals surface area contributed by atoms with Crippen molar-refractivity contribution < 1.29 is 0 Å². The highest BCUT2D eigenvalue weighted by molar-refractivity contribution is 7.71. The molecule has 0 radical (unpaired) electrons. The third kappa shape index (κ3) is 2.33. The van der Waals surface area contributed by atoms with Crippen LogP contribution in [-0.4, -0.2) is 9.55 Å². The van der Waals surface area contributed by atoms with Crippen LogP contribution in [0.5, 0.6) is 0 Å². The van der Waals surface area contributed by atoms with Crippen LogP contribution in [0.4, 0.5) is 0 Å². The van der Waals surface area contributed by atoms with Gasteiger partial charge in [-0.05, 0) is 37.4 Å². The zero-order valence-electron chi connectivity index (χ0n) is 9.62.